The van der Waals surface area contributed by atoms with Crippen molar-refractivity contribution in [3.05, 3.63) is 29.3 Å². The normalized spacial score (nSPS) is 24.4. The third-order valence-electron chi connectivity index (χ3n) is 3.77. The summed E-state index contributed by atoms with van der Waals surface area (Å²) in [7, 11) is -3.38. The van der Waals surface area contributed by atoms with Crippen LogP contribution in [-0.2, 0) is 10.0 Å². The van der Waals surface area contributed by atoms with Crippen LogP contribution in [0.4, 0.5) is 0 Å². The summed E-state index contributed by atoms with van der Waals surface area (Å²) in [5.41, 5.74) is 2.12. The van der Waals surface area contributed by atoms with Crippen LogP contribution in [0.25, 0.3) is 0 Å². The van der Waals surface area contributed by atoms with Crippen molar-refractivity contribution in [1.82, 2.24) is 4.72 Å². The van der Waals surface area contributed by atoms with Gasteiger partial charge in [0.1, 0.15) is 0 Å². The molecule has 0 spiro atoms. The van der Waals surface area contributed by atoms with Crippen molar-refractivity contribution in [2.45, 2.75) is 55.3 Å². The highest BCUT2D eigenvalue weighted by Crippen LogP contribution is 2.25. The average Bonchev–Trinajstić information content (AvgIpc) is 2.35. The Morgan fingerprint density at radius 2 is 1.74 bits per heavy atom. The fourth-order valence-corrected chi connectivity index (χ4v) is 4.26. The Balaban J connectivity index is 2.11. The van der Waals surface area contributed by atoms with Crippen LogP contribution in [0, 0.1) is 13.8 Å². The number of sulfonamides is 1. The summed E-state index contributed by atoms with van der Waals surface area (Å²) >= 11 is 3.58. The Bertz CT molecular complexity index is 549. The van der Waals surface area contributed by atoms with E-state index in [1.54, 1.807) is 12.1 Å². The van der Waals surface area contributed by atoms with E-state index in [2.05, 4.69) is 20.7 Å². The Morgan fingerprint density at radius 3 is 2.32 bits per heavy atom. The van der Waals surface area contributed by atoms with Gasteiger partial charge in [-0.1, -0.05) is 22.0 Å². The molecule has 1 aromatic carbocycles. The molecule has 1 fully saturated rings. The predicted octanol–water partition coefficient (Wildman–Crippen LogP) is 3.29. The van der Waals surface area contributed by atoms with E-state index in [0.717, 1.165) is 36.8 Å². The van der Waals surface area contributed by atoms with Crippen LogP contribution < -0.4 is 4.72 Å². The van der Waals surface area contributed by atoms with E-state index in [1.165, 1.54) is 0 Å². The van der Waals surface area contributed by atoms with Gasteiger partial charge >= 0.3 is 0 Å². The monoisotopic (exact) mass is 345 g/mol. The number of halogens is 1. The predicted molar refractivity (Wildman–Crippen MR) is 81.2 cm³/mol. The van der Waals surface area contributed by atoms with Crippen LogP contribution in [-0.4, -0.2) is 19.3 Å². The van der Waals surface area contributed by atoms with Gasteiger partial charge in [0.2, 0.25) is 10.0 Å². The van der Waals surface area contributed by atoms with Gasteiger partial charge in [-0.3, -0.25) is 0 Å². The van der Waals surface area contributed by atoms with E-state index in [-0.39, 0.29) is 6.04 Å². The molecule has 0 aliphatic heterocycles. The lowest BCUT2D eigenvalue weighted by atomic mass is 9.96. The van der Waals surface area contributed by atoms with Crippen LogP contribution in [0.15, 0.2) is 23.1 Å². The van der Waals surface area contributed by atoms with Gasteiger partial charge in [-0.15, -0.1) is 0 Å². The number of hydrogen-bond donors (Lipinski definition) is 1. The molecule has 1 aromatic rings. The molecule has 106 valence electrons. The maximum Gasteiger partial charge on any atom is 0.240 e. The van der Waals surface area contributed by atoms with Crippen molar-refractivity contribution < 1.29 is 8.42 Å². The summed E-state index contributed by atoms with van der Waals surface area (Å²) in [4.78, 5) is 0.909. The van der Waals surface area contributed by atoms with E-state index >= 15 is 0 Å². The number of hydrogen-bond acceptors (Lipinski definition) is 2. The Kier molecular flexibility index (Phi) is 4.69. The maximum absolute atomic E-state index is 12.3. The molecule has 0 unspecified atom stereocenters. The lowest BCUT2D eigenvalue weighted by molar-refractivity contribution is 0.422. The second-order valence-electron chi connectivity index (χ2n) is 5.32. The topological polar surface area (TPSA) is 46.2 Å². The van der Waals surface area contributed by atoms with Crippen molar-refractivity contribution in [2.24, 2.45) is 0 Å². The number of aryl methyl sites for hydroxylation is 2. The molecular weight excluding hydrogens is 326 g/mol. The first-order valence-electron chi connectivity index (χ1n) is 6.62. The maximum atomic E-state index is 12.3. The molecule has 0 atom stereocenters. The van der Waals surface area contributed by atoms with Gasteiger partial charge in [-0.25, -0.2) is 13.1 Å². The Labute approximate surface area is 124 Å². The van der Waals surface area contributed by atoms with Gasteiger partial charge in [0.05, 0.1) is 4.90 Å². The minimum atomic E-state index is -3.38. The summed E-state index contributed by atoms with van der Waals surface area (Å²) in [6.45, 7) is 3.92. The summed E-state index contributed by atoms with van der Waals surface area (Å²) < 4.78 is 27.5. The number of benzene rings is 1. The molecule has 1 aliphatic rings. The van der Waals surface area contributed by atoms with Crippen molar-refractivity contribution in [2.75, 3.05) is 0 Å². The summed E-state index contributed by atoms with van der Waals surface area (Å²) in [5, 5.41) is 0. The quantitative estimate of drug-likeness (QED) is 0.854. The highest BCUT2D eigenvalue weighted by Gasteiger charge is 2.24. The van der Waals surface area contributed by atoms with Crippen LogP contribution in [0.5, 0.6) is 0 Å². The smallest absolute Gasteiger partial charge is 0.208 e. The van der Waals surface area contributed by atoms with Gasteiger partial charge < -0.3 is 0 Å². The molecule has 3 nitrogen and oxygen atoms in total. The summed E-state index contributed by atoms with van der Waals surface area (Å²) in [6, 6.07) is 5.36. The standard InChI is InChI=1S/C14H20BrNO2S/c1-10-3-8-14(9-11(10)2)19(17,18)16-13-6-4-12(15)5-7-13/h3,8-9,12-13,16H,4-7H2,1-2H3. The number of rotatable bonds is 3. The number of alkyl halides is 1. The van der Waals surface area contributed by atoms with E-state index in [9.17, 15) is 8.42 Å². The first-order chi connectivity index (χ1) is 8.88. The van der Waals surface area contributed by atoms with Crippen LogP contribution >= 0.6 is 15.9 Å². The molecule has 0 heterocycles. The molecule has 1 N–H and O–H groups in total. The fourth-order valence-electron chi connectivity index (χ4n) is 2.34. The zero-order valence-electron chi connectivity index (χ0n) is 11.3. The fraction of sp³-hybridized carbons (Fsp3) is 0.571. The molecule has 1 aliphatic carbocycles. The first kappa shape index (κ1) is 15.0. The van der Waals surface area contributed by atoms with Crippen LogP contribution in [0.1, 0.15) is 36.8 Å². The van der Waals surface area contributed by atoms with E-state index < -0.39 is 10.0 Å². The van der Waals surface area contributed by atoms with E-state index in [4.69, 9.17) is 0 Å². The molecule has 19 heavy (non-hydrogen) atoms. The van der Waals surface area contributed by atoms with Crippen molar-refractivity contribution in [1.29, 1.82) is 0 Å². The molecule has 0 saturated heterocycles. The lowest BCUT2D eigenvalue weighted by Crippen LogP contribution is -2.37. The van der Waals surface area contributed by atoms with Crippen molar-refractivity contribution >= 4 is 26.0 Å². The molecular formula is C14H20BrNO2S. The van der Waals surface area contributed by atoms with Gasteiger partial charge in [-0.2, -0.15) is 0 Å². The molecule has 5 heteroatoms. The largest absolute Gasteiger partial charge is 0.240 e. The lowest BCUT2D eigenvalue weighted by Gasteiger charge is -2.25. The van der Waals surface area contributed by atoms with E-state index in [0.29, 0.717) is 9.72 Å². The minimum absolute atomic E-state index is 0.0698. The zero-order chi connectivity index (χ0) is 14.0. The first-order valence-corrected chi connectivity index (χ1v) is 9.02. The van der Waals surface area contributed by atoms with Crippen molar-refractivity contribution in [3.63, 3.8) is 0 Å². The third kappa shape index (κ3) is 3.80. The second-order valence-corrected chi connectivity index (χ2v) is 8.33. The molecule has 1 saturated carbocycles. The minimum Gasteiger partial charge on any atom is -0.208 e. The second kappa shape index (κ2) is 5.94. The summed E-state index contributed by atoms with van der Waals surface area (Å²) in [5.74, 6) is 0. The van der Waals surface area contributed by atoms with Crippen LogP contribution in [0.3, 0.4) is 0 Å². The third-order valence-corrected chi connectivity index (χ3v) is 6.20. The highest BCUT2D eigenvalue weighted by atomic mass is 79.9. The Hall–Kier alpha value is -0.390. The highest BCUT2D eigenvalue weighted by molar-refractivity contribution is 9.09. The number of nitrogens with one attached hydrogen (secondary N) is 1. The molecule has 0 aromatic heterocycles. The van der Waals surface area contributed by atoms with Gasteiger partial charge in [-0.05, 0) is 62.8 Å². The van der Waals surface area contributed by atoms with Crippen molar-refractivity contribution in [3.8, 4) is 0 Å². The SMILES string of the molecule is Cc1ccc(S(=O)(=O)NC2CCC(Br)CC2)cc1C. The average molecular weight is 346 g/mol. The molecule has 0 amide bonds. The molecule has 0 radical (unpaired) electrons. The molecule has 0 bridgehead atoms. The van der Waals surface area contributed by atoms with E-state index in [1.807, 2.05) is 19.9 Å². The van der Waals surface area contributed by atoms with Gasteiger partial charge in [0.25, 0.3) is 0 Å². The van der Waals surface area contributed by atoms with Crippen LogP contribution in [0.2, 0.25) is 0 Å². The molecule has 2 rings (SSSR count). The van der Waals surface area contributed by atoms with Gasteiger partial charge in [0, 0.05) is 10.9 Å². The van der Waals surface area contributed by atoms with Gasteiger partial charge in [0.15, 0.2) is 0 Å². The Morgan fingerprint density at radius 1 is 1.11 bits per heavy atom. The summed E-state index contributed by atoms with van der Waals surface area (Å²) in [6.07, 6.45) is 3.86. The zero-order valence-corrected chi connectivity index (χ0v) is 13.7.